The smallest absolute Gasteiger partial charge is 0.251 e. The molecule has 5 rings (SSSR count). The Balaban J connectivity index is 1.15. The maximum absolute atomic E-state index is 13.4. The van der Waals surface area contributed by atoms with Crippen molar-refractivity contribution in [2.75, 3.05) is 32.1 Å². The molecule has 2 saturated carbocycles. The van der Waals surface area contributed by atoms with Crippen molar-refractivity contribution in [3.05, 3.63) is 53.6 Å². The highest BCUT2D eigenvalue weighted by Gasteiger charge is 2.64. The zero-order chi connectivity index (χ0) is 30.9. The average Bonchev–Trinajstić information content (AvgIpc) is 3.02. The molecule has 1 aliphatic heterocycles. The minimum absolute atomic E-state index is 0.0749. The van der Waals surface area contributed by atoms with E-state index in [4.69, 9.17) is 9.47 Å². The van der Waals surface area contributed by atoms with Gasteiger partial charge in [0.25, 0.3) is 5.91 Å². The molecule has 0 bridgehead atoms. The fourth-order valence-electron chi connectivity index (χ4n) is 8.11. The van der Waals surface area contributed by atoms with Crippen molar-refractivity contribution < 1.29 is 19.4 Å². The third kappa shape index (κ3) is 6.21. The molecular weight excluding hydrogens is 540 g/mol. The quantitative estimate of drug-likeness (QED) is 0.427. The van der Waals surface area contributed by atoms with E-state index >= 15 is 0 Å². The van der Waals surface area contributed by atoms with E-state index in [1.54, 1.807) is 25.3 Å². The molecule has 1 heterocycles. The Kier molecular flexibility index (Phi) is 8.97. The molecule has 0 atom stereocenters. The van der Waals surface area contributed by atoms with Crippen LogP contribution in [0.3, 0.4) is 0 Å². The molecule has 2 aliphatic carbocycles. The van der Waals surface area contributed by atoms with Crippen molar-refractivity contribution in [2.45, 2.75) is 96.6 Å². The lowest BCUT2D eigenvalue weighted by Gasteiger charge is -2.63. The predicted molar refractivity (Wildman–Crippen MR) is 169 cm³/mol. The van der Waals surface area contributed by atoms with Gasteiger partial charge in [0.05, 0.1) is 18.8 Å². The largest absolute Gasteiger partial charge is 0.495 e. The van der Waals surface area contributed by atoms with Crippen LogP contribution in [0.2, 0.25) is 0 Å². The molecule has 0 unspecified atom stereocenters. The lowest BCUT2D eigenvalue weighted by molar-refractivity contribution is -0.164. The fraction of sp³-hybridized carbons (Fsp3) is 0.600. The van der Waals surface area contributed by atoms with Crippen LogP contribution < -0.4 is 19.7 Å². The average molecular weight is 589 g/mol. The summed E-state index contributed by atoms with van der Waals surface area (Å²) in [6, 6.07) is 16.5. The number of rotatable bonds is 8. The third-order valence-electron chi connectivity index (χ3n) is 10.4. The van der Waals surface area contributed by atoms with Gasteiger partial charge in [-0.25, -0.2) is 0 Å². The summed E-state index contributed by atoms with van der Waals surface area (Å²) in [6.45, 7) is 10.5. The van der Waals surface area contributed by atoms with Gasteiger partial charge < -0.3 is 29.7 Å². The second kappa shape index (κ2) is 12.4. The van der Waals surface area contributed by atoms with Gasteiger partial charge in [0.1, 0.15) is 23.7 Å². The summed E-state index contributed by atoms with van der Waals surface area (Å²) < 4.78 is 11.8. The summed E-state index contributed by atoms with van der Waals surface area (Å²) in [5.41, 5.74) is 1.66. The Morgan fingerprint density at radius 3 is 2.16 bits per heavy atom. The van der Waals surface area contributed by atoms with Gasteiger partial charge in [-0.1, -0.05) is 27.7 Å². The highest BCUT2D eigenvalue weighted by Crippen LogP contribution is 2.55. The SMILES string of the molecule is COc1cc(OC2C(C)(C)C(NC(=O)c3ccc(N4CCC(N(C)C5CCC(O)CC5)CC4)cc3)C2(C)C)ccc1C#N. The number of nitrogens with zero attached hydrogens (tertiary/aromatic N) is 3. The molecule has 43 heavy (non-hydrogen) atoms. The summed E-state index contributed by atoms with van der Waals surface area (Å²) in [5, 5.41) is 22.5. The van der Waals surface area contributed by atoms with Crippen molar-refractivity contribution in [1.82, 2.24) is 10.2 Å². The van der Waals surface area contributed by atoms with Crippen LogP contribution in [0.4, 0.5) is 5.69 Å². The lowest BCUT2D eigenvalue weighted by Crippen LogP contribution is -2.74. The molecule has 2 N–H and O–H groups in total. The van der Waals surface area contributed by atoms with E-state index in [1.165, 1.54) is 0 Å². The predicted octanol–water partition coefficient (Wildman–Crippen LogP) is 5.38. The number of hydrogen-bond acceptors (Lipinski definition) is 7. The number of benzene rings is 2. The van der Waals surface area contributed by atoms with Crippen LogP contribution in [0.25, 0.3) is 0 Å². The summed E-state index contributed by atoms with van der Waals surface area (Å²) in [4.78, 5) is 18.4. The van der Waals surface area contributed by atoms with Gasteiger partial charge in [0, 0.05) is 59.4 Å². The Morgan fingerprint density at radius 1 is 0.977 bits per heavy atom. The molecule has 3 fully saturated rings. The molecule has 1 amide bonds. The van der Waals surface area contributed by atoms with Gasteiger partial charge >= 0.3 is 0 Å². The minimum atomic E-state index is -0.310. The Morgan fingerprint density at radius 2 is 1.58 bits per heavy atom. The number of ether oxygens (including phenoxy) is 2. The van der Waals surface area contributed by atoms with Crippen LogP contribution >= 0.6 is 0 Å². The first-order valence-corrected chi connectivity index (χ1v) is 15.8. The van der Waals surface area contributed by atoms with Crippen LogP contribution in [-0.2, 0) is 0 Å². The highest BCUT2D eigenvalue weighted by atomic mass is 16.5. The number of aliphatic hydroxyl groups excluding tert-OH is 1. The molecule has 2 aromatic carbocycles. The highest BCUT2D eigenvalue weighted by molar-refractivity contribution is 5.95. The van der Waals surface area contributed by atoms with E-state index in [0.29, 0.717) is 34.7 Å². The second-order valence-corrected chi connectivity index (χ2v) is 13.9. The summed E-state index contributed by atoms with van der Waals surface area (Å²) in [7, 11) is 3.81. The Labute approximate surface area is 257 Å². The molecular formula is C35H48N4O4. The van der Waals surface area contributed by atoms with Gasteiger partial charge in [-0.05, 0) is 82.0 Å². The fourth-order valence-corrected chi connectivity index (χ4v) is 8.11. The van der Waals surface area contributed by atoms with E-state index in [2.05, 4.69) is 68.1 Å². The first kappa shape index (κ1) is 31.2. The Bertz CT molecular complexity index is 1300. The topological polar surface area (TPSA) is 98.1 Å². The maximum atomic E-state index is 13.4. The second-order valence-electron chi connectivity index (χ2n) is 13.9. The normalized spacial score (nSPS) is 26.7. The molecule has 1 saturated heterocycles. The van der Waals surface area contributed by atoms with Crippen LogP contribution in [0.1, 0.15) is 82.1 Å². The maximum Gasteiger partial charge on any atom is 0.251 e. The number of amides is 1. The van der Waals surface area contributed by atoms with E-state index < -0.39 is 0 Å². The van der Waals surface area contributed by atoms with Crippen molar-refractivity contribution >= 4 is 11.6 Å². The van der Waals surface area contributed by atoms with E-state index in [9.17, 15) is 15.2 Å². The van der Waals surface area contributed by atoms with Crippen molar-refractivity contribution in [1.29, 1.82) is 5.26 Å². The zero-order valence-electron chi connectivity index (χ0n) is 26.6. The number of hydrogen-bond donors (Lipinski definition) is 2. The van der Waals surface area contributed by atoms with E-state index in [1.807, 2.05) is 12.1 Å². The monoisotopic (exact) mass is 588 g/mol. The van der Waals surface area contributed by atoms with Gasteiger partial charge in [0.2, 0.25) is 0 Å². The van der Waals surface area contributed by atoms with Crippen LogP contribution in [0.15, 0.2) is 42.5 Å². The third-order valence-corrected chi connectivity index (χ3v) is 10.4. The molecule has 8 heteroatoms. The van der Waals surface area contributed by atoms with Crippen LogP contribution in [-0.4, -0.2) is 73.5 Å². The first-order valence-electron chi connectivity index (χ1n) is 15.8. The molecule has 2 aromatic rings. The molecule has 0 aromatic heterocycles. The number of methoxy groups -OCH3 is 1. The van der Waals surface area contributed by atoms with Gasteiger partial charge in [-0.15, -0.1) is 0 Å². The molecule has 8 nitrogen and oxygen atoms in total. The van der Waals surface area contributed by atoms with Crippen LogP contribution in [0, 0.1) is 22.2 Å². The number of piperidine rings is 1. The van der Waals surface area contributed by atoms with Gasteiger partial charge in [-0.3, -0.25) is 4.79 Å². The van der Waals surface area contributed by atoms with E-state index in [-0.39, 0.29) is 35.0 Å². The van der Waals surface area contributed by atoms with Crippen molar-refractivity contribution in [2.24, 2.45) is 10.8 Å². The van der Waals surface area contributed by atoms with Crippen molar-refractivity contribution in [3.8, 4) is 17.6 Å². The molecule has 232 valence electrons. The number of anilines is 1. The van der Waals surface area contributed by atoms with E-state index in [0.717, 1.165) is 57.3 Å². The number of carbonyl (C=O) groups is 1. The van der Waals surface area contributed by atoms with Crippen LogP contribution in [0.5, 0.6) is 11.5 Å². The molecule has 3 aliphatic rings. The number of carbonyl (C=O) groups excluding carboxylic acids is 1. The molecule has 0 spiro atoms. The summed E-state index contributed by atoms with van der Waals surface area (Å²) in [5.74, 6) is 1.06. The molecule has 0 radical (unpaired) electrons. The lowest BCUT2D eigenvalue weighted by atomic mass is 9.49. The standard InChI is InChI=1S/C35H48N4O4/c1-34(2)32(35(3,4)33(34)43-29-16-9-24(22-36)30(21-29)42-6)37-31(41)23-7-10-27(11-8-23)39-19-17-26(18-20-39)38(5)25-12-14-28(40)15-13-25/h7-11,16,21,25-26,28,32-33,40H,12-15,17-20H2,1-6H3,(H,37,41). The van der Waals surface area contributed by atoms with Gasteiger partial charge in [0.15, 0.2) is 0 Å². The number of nitriles is 1. The summed E-state index contributed by atoms with van der Waals surface area (Å²) in [6.07, 6.45) is 6.03. The minimum Gasteiger partial charge on any atom is -0.495 e. The Hall–Kier alpha value is -3.28. The number of aliphatic hydroxyl groups is 1. The first-order chi connectivity index (χ1) is 20.4. The van der Waals surface area contributed by atoms with Gasteiger partial charge in [-0.2, -0.15) is 5.26 Å². The van der Waals surface area contributed by atoms with Crippen molar-refractivity contribution in [3.63, 3.8) is 0 Å². The number of nitrogens with one attached hydrogen (secondary N) is 1. The zero-order valence-corrected chi connectivity index (χ0v) is 26.6. The summed E-state index contributed by atoms with van der Waals surface area (Å²) >= 11 is 0.